The fourth-order valence-corrected chi connectivity index (χ4v) is 2.71. The molecule has 3 fully saturated rings. The molecule has 4 heteroatoms. The van der Waals surface area contributed by atoms with Crippen LogP contribution in [0.3, 0.4) is 0 Å². The third-order valence-corrected chi connectivity index (χ3v) is 3.49. The molecule has 0 aliphatic carbocycles. The maximum Gasteiger partial charge on any atom is 0.150 e. The van der Waals surface area contributed by atoms with Crippen LogP contribution < -0.4 is 0 Å². The topological polar surface area (TPSA) is 24.8 Å². The molecule has 1 atom stereocenters. The lowest BCUT2D eigenvalue weighted by Gasteiger charge is -2.43. The molecule has 2 bridgehead atoms. The van der Waals surface area contributed by atoms with Gasteiger partial charge in [0.05, 0.1) is 0 Å². The van der Waals surface area contributed by atoms with Crippen LogP contribution in [0.2, 0.25) is 0 Å². The van der Waals surface area contributed by atoms with E-state index < -0.39 is 0 Å². The van der Waals surface area contributed by atoms with Crippen LogP contribution in [0, 0.1) is 11.8 Å². The molecule has 0 radical (unpaired) electrons. The zero-order valence-corrected chi connectivity index (χ0v) is 8.63. The minimum atomic E-state index is 0.420. The van der Waals surface area contributed by atoms with Crippen molar-refractivity contribution in [2.45, 2.75) is 12.8 Å². The van der Waals surface area contributed by atoms with Gasteiger partial charge in [-0.25, -0.2) is 0 Å². The quantitative estimate of drug-likeness (QED) is 0.501. The summed E-state index contributed by atoms with van der Waals surface area (Å²) in [6.07, 6.45) is 2.53. The highest BCUT2D eigenvalue weighted by Crippen LogP contribution is 2.33. The summed E-state index contributed by atoms with van der Waals surface area (Å²) in [4.78, 5) is 7.16. The molecule has 0 spiro atoms. The molecular formula is C9H15ClN2O. The first-order chi connectivity index (χ1) is 6.31. The van der Waals surface area contributed by atoms with Gasteiger partial charge in [-0.2, -0.15) is 0 Å². The van der Waals surface area contributed by atoms with Gasteiger partial charge in [0.2, 0.25) is 0 Å². The largest absolute Gasteiger partial charge is 0.398 e. The number of piperidine rings is 3. The van der Waals surface area contributed by atoms with E-state index in [1.807, 2.05) is 0 Å². The van der Waals surface area contributed by atoms with Gasteiger partial charge in [0.25, 0.3) is 0 Å². The summed E-state index contributed by atoms with van der Waals surface area (Å²) in [7, 11) is 1.55. The van der Waals surface area contributed by atoms with Crippen LogP contribution in [0.1, 0.15) is 12.8 Å². The van der Waals surface area contributed by atoms with Crippen LogP contribution in [0.25, 0.3) is 0 Å². The third kappa shape index (κ3) is 1.81. The molecule has 0 aromatic rings. The van der Waals surface area contributed by atoms with Gasteiger partial charge in [-0.3, -0.25) is 0 Å². The Morgan fingerprint density at radius 2 is 2.15 bits per heavy atom. The number of oxime groups is 1. The Labute approximate surface area is 83.7 Å². The van der Waals surface area contributed by atoms with Crippen molar-refractivity contribution >= 4 is 16.8 Å². The van der Waals surface area contributed by atoms with E-state index in [1.54, 1.807) is 7.11 Å². The van der Waals surface area contributed by atoms with Gasteiger partial charge in [0, 0.05) is 12.5 Å². The molecule has 13 heavy (non-hydrogen) atoms. The number of rotatable bonds is 2. The highest BCUT2D eigenvalue weighted by molar-refractivity contribution is 6.65. The monoisotopic (exact) mass is 202 g/mol. The Hall–Kier alpha value is -0.280. The minimum Gasteiger partial charge on any atom is -0.398 e. The summed E-state index contributed by atoms with van der Waals surface area (Å²) in [6.45, 7) is 3.53. The predicted molar refractivity (Wildman–Crippen MR) is 53.0 cm³/mol. The molecule has 3 saturated heterocycles. The number of nitrogens with zero attached hydrogens (tertiary/aromatic N) is 2. The molecular weight excluding hydrogens is 188 g/mol. The average Bonchev–Trinajstić information content (AvgIpc) is 2.20. The Bertz CT molecular complexity index is 212. The van der Waals surface area contributed by atoms with Crippen molar-refractivity contribution in [3.8, 4) is 0 Å². The lowest BCUT2D eigenvalue weighted by Crippen LogP contribution is -2.49. The van der Waals surface area contributed by atoms with Gasteiger partial charge in [-0.05, 0) is 31.8 Å². The van der Waals surface area contributed by atoms with Gasteiger partial charge >= 0.3 is 0 Å². The fraction of sp³-hybridized carbons (Fsp3) is 0.889. The van der Waals surface area contributed by atoms with Crippen LogP contribution in [0.4, 0.5) is 0 Å². The lowest BCUT2D eigenvalue weighted by molar-refractivity contribution is 0.0807. The minimum absolute atomic E-state index is 0.420. The van der Waals surface area contributed by atoms with Crippen molar-refractivity contribution in [1.82, 2.24) is 4.90 Å². The van der Waals surface area contributed by atoms with E-state index in [2.05, 4.69) is 10.1 Å². The second-order valence-electron chi connectivity index (χ2n) is 3.84. The smallest absolute Gasteiger partial charge is 0.150 e. The summed E-state index contributed by atoms with van der Waals surface area (Å²) in [5.74, 6) is 1.15. The van der Waals surface area contributed by atoms with Crippen molar-refractivity contribution in [1.29, 1.82) is 0 Å². The predicted octanol–water partition coefficient (Wildman–Crippen LogP) is 1.53. The van der Waals surface area contributed by atoms with E-state index in [1.165, 1.54) is 25.9 Å². The molecule has 3 heterocycles. The maximum atomic E-state index is 6.05. The molecule has 3 aliphatic rings. The molecule has 1 unspecified atom stereocenters. The lowest BCUT2D eigenvalue weighted by atomic mass is 9.80. The summed E-state index contributed by atoms with van der Waals surface area (Å²) in [5.41, 5.74) is 0. The summed E-state index contributed by atoms with van der Waals surface area (Å²) in [5, 5.41) is 4.47. The van der Waals surface area contributed by atoms with Crippen LogP contribution in [0.15, 0.2) is 5.16 Å². The molecule has 3 rings (SSSR count). The molecule has 3 nitrogen and oxygen atoms in total. The SMILES string of the molecule is CO/N=C(\Cl)C1CN2CCC1CC2. The number of fused-ring (bicyclic) bond motifs is 3. The zero-order valence-electron chi connectivity index (χ0n) is 7.87. The Balaban J connectivity index is 2.04. The van der Waals surface area contributed by atoms with Crippen LogP contribution >= 0.6 is 11.6 Å². The fourth-order valence-electron chi connectivity index (χ4n) is 2.39. The molecule has 0 amide bonds. The van der Waals surface area contributed by atoms with Crippen molar-refractivity contribution in [3.05, 3.63) is 0 Å². The molecule has 0 saturated carbocycles. The summed E-state index contributed by atoms with van der Waals surface area (Å²) in [6, 6.07) is 0. The van der Waals surface area contributed by atoms with Crippen molar-refractivity contribution in [3.63, 3.8) is 0 Å². The average molecular weight is 203 g/mol. The van der Waals surface area contributed by atoms with Crippen LogP contribution in [-0.2, 0) is 4.84 Å². The normalized spacial score (nSPS) is 39.2. The van der Waals surface area contributed by atoms with Crippen molar-refractivity contribution < 1.29 is 4.84 Å². The van der Waals surface area contributed by atoms with Crippen LogP contribution in [0.5, 0.6) is 0 Å². The Morgan fingerprint density at radius 1 is 1.46 bits per heavy atom. The Kier molecular flexibility index (Phi) is 2.74. The third-order valence-electron chi connectivity index (χ3n) is 3.14. The summed E-state index contributed by atoms with van der Waals surface area (Å²) >= 11 is 6.05. The molecule has 3 aliphatic heterocycles. The number of halogens is 1. The first-order valence-electron chi connectivity index (χ1n) is 4.80. The standard InChI is InChI=1S/C9H15ClN2O/c1-13-11-9(10)8-6-12-4-2-7(8)3-5-12/h7-8H,2-6H2,1H3/b11-9-. The van der Waals surface area contributed by atoms with E-state index in [9.17, 15) is 0 Å². The van der Waals surface area contributed by atoms with Crippen molar-refractivity contribution in [2.24, 2.45) is 17.0 Å². The zero-order chi connectivity index (χ0) is 9.26. The highest BCUT2D eigenvalue weighted by atomic mass is 35.5. The van der Waals surface area contributed by atoms with Crippen molar-refractivity contribution in [2.75, 3.05) is 26.7 Å². The second-order valence-corrected chi connectivity index (χ2v) is 4.23. The summed E-state index contributed by atoms with van der Waals surface area (Å²) < 4.78 is 0. The molecule has 74 valence electrons. The van der Waals surface area contributed by atoms with Gasteiger partial charge in [0.15, 0.2) is 0 Å². The first kappa shape index (κ1) is 9.28. The van der Waals surface area contributed by atoms with Gasteiger partial charge < -0.3 is 9.74 Å². The van der Waals surface area contributed by atoms with E-state index >= 15 is 0 Å². The first-order valence-corrected chi connectivity index (χ1v) is 5.18. The molecule has 0 aromatic heterocycles. The number of hydrogen-bond acceptors (Lipinski definition) is 3. The number of hydrogen-bond donors (Lipinski definition) is 0. The molecule has 0 aromatic carbocycles. The maximum absolute atomic E-state index is 6.05. The highest BCUT2D eigenvalue weighted by Gasteiger charge is 2.36. The van der Waals surface area contributed by atoms with E-state index in [0.29, 0.717) is 11.1 Å². The van der Waals surface area contributed by atoms with Crippen LogP contribution in [-0.4, -0.2) is 36.8 Å². The van der Waals surface area contributed by atoms with Gasteiger partial charge in [0.1, 0.15) is 12.3 Å². The Morgan fingerprint density at radius 3 is 2.62 bits per heavy atom. The second kappa shape index (κ2) is 3.84. The van der Waals surface area contributed by atoms with Gasteiger partial charge in [-0.15, -0.1) is 0 Å². The van der Waals surface area contributed by atoms with E-state index in [0.717, 1.165) is 12.5 Å². The van der Waals surface area contributed by atoms with Gasteiger partial charge in [-0.1, -0.05) is 16.8 Å². The molecule has 0 N–H and O–H groups in total. The van der Waals surface area contributed by atoms with E-state index in [4.69, 9.17) is 16.4 Å². The van der Waals surface area contributed by atoms with E-state index in [-0.39, 0.29) is 0 Å².